The van der Waals surface area contributed by atoms with E-state index in [-0.39, 0.29) is 18.4 Å². The molecule has 9 heteroatoms. The molecule has 1 aromatic carbocycles. The van der Waals surface area contributed by atoms with E-state index in [1.807, 2.05) is 0 Å². The maximum absolute atomic E-state index is 13.7. The number of carbonyl (C=O) groups is 3. The fraction of sp³-hybridized carbons (Fsp3) is 0.450. The van der Waals surface area contributed by atoms with Gasteiger partial charge in [-0.25, -0.2) is 9.18 Å². The van der Waals surface area contributed by atoms with Gasteiger partial charge in [0.25, 0.3) is 0 Å². The monoisotopic (exact) mass is 407 g/mol. The Bertz CT molecular complexity index is 791. The summed E-state index contributed by atoms with van der Waals surface area (Å²) < 4.78 is 24.6. The first-order chi connectivity index (χ1) is 13.6. The highest BCUT2D eigenvalue weighted by Crippen LogP contribution is 2.20. The molecule has 29 heavy (non-hydrogen) atoms. The third kappa shape index (κ3) is 7.19. The maximum atomic E-state index is 13.7. The summed E-state index contributed by atoms with van der Waals surface area (Å²) in [5.41, 5.74) is -0.340. The van der Waals surface area contributed by atoms with Gasteiger partial charge in [0.2, 0.25) is 11.8 Å². The molecule has 1 aromatic rings. The number of nitrogens with zero attached hydrogens (tertiary/aromatic N) is 1. The van der Waals surface area contributed by atoms with E-state index in [4.69, 9.17) is 9.47 Å². The molecule has 1 aliphatic heterocycles. The predicted octanol–water partition coefficient (Wildman–Crippen LogP) is 2.91. The normalized spacial score (nSPS) is 16.3. The van der Waals surface area contributed by atoms with Crippen molar-refractivity contribution in [2.75, 3.05) is 30.3 Å². The van der Waals surface area contributed by atoms with Crippen molar-refractivity contribution in [2.45, 2.75) is 38.9 Å². The molecule has 1 fully saturated rings. The third-order valence-electron chi connectivity index (χ3n) is 3.94. The molecule has 8 nitrogen and oxygen atoms in total. The van der Waals surface area contributed by atoms with E-state index in [1.165, 1.54) is 12.1 Å². The van der Waals surface area contributed by atoms with Crippen LogP contribution in [0.4, 0.5) is 20.6 Å². The van der Waals surface area contributed by atoms with Crippen LogP contribution in [0.3, 0.4) is 0 Å². The Hall–Kier alpha value is -2.94. The average molecular weight is 407 g/mol. The number of ether oxygens (including phenoxy) is 2. The minimum atomic E-state index is -0.636. The Morgan fingerprint density at radius 2 is 2.03 bits per heavy atom. The van der Waals surface area contributed by atoms with E-state index in [2.05, 4.69) is 17.2 Å². The van der Waals surface area contributed by atoms with Crippen molar-refractivity contribution in [1.29, 1.82) is 0 Å². The summed E-state index contributed by atoms with van der Waals surface area (Å²) in [7, 11) is 0. The zero-order chi connectivity index (χ0) is 21.6. The van der Waals surface area contributed by atoms with Crippen molar-refractivity contribution in [3.8, 4) is 0 Å². The molecular weight excluding hydrogens is 381 g/mol. The zero-order valence-corrected chi connectivity index (χ0v) is 16.8. The molecule has 0 saturated carbocycles. The van der Waals surface area contributed by atoms with Crippen molar-refractivity contribution in [2.24, 2.45) is 0 Å². The summed E-state index contributed by atoms with van der Waals surface area (Å²) in [5, 5.41) is 4.89. The van der Waals surface area contributed by atoms with Crippen LogP contribution in [-0.4, -0.2) is 54.2 Å². The molecule has 0 unspecified atom stereocenters. The van der Waals surface area contributed by atoms with Crippen LogP contribution in [0.2, 0.25) is 0 Å². The van der Waals surface area contributed by atoms with Gasteiger partial charge in [-0.2, -0.15) is 0 Å². The lowest BCUT2D eigenvalue weighted by molar-refractivity contribution is -0.122. The summed E-state index contributed by atoms with van der Waals surface area (Å²) in [6.45, 7) is 9.30. The maximum Gasteiger partial charge on any atom is 0.410 e. The second kappa shape index (κ2) is 9.51. The molecule has 158 valence electrons. The number of amides is 3. The van der Waals surface area contributed by atoms with Crippen molar-refractivity contribution < 1.29 is 28.2 Å². The number of hydrogen-bond donors (Lipinski definition) is 2. The molecule has 0 aromatic heterocycles. The minimum Gasteiger partial charge on any atom is -0.444 e. The third-order valence-corrected chi connectivity index (χ3v) is 3.94. The Balaban J connectivity index is 1.82. The van der Waals surface area contributed by atoms with Crippen molar-refractivity contribution >= 4 is 29.3 Å². The zero-order valence-electron chi connectivity index (χ0n) is 16.8. The van der Waals surface area contributed by atoms with E-state index in [0.29, 0.717) is 25.2 Å². The molecule has 3 amide bonds. The molecule has 1 aliphatic rings. The van der Waals surface area contributed by atoms with Gasteiger partial charge in [0.15, 0.2) is 0 Å². The van der Waals surface area contributed by atoms with Crippen LogP contribution in [0.1, 0.15) is 27.2 Å². The second-order valence-corrected chi connectivity index (χ2v) is 7.58. The Morgan fingerprint density at radius 1 is 1.31 bits per heavy atom. The molecule has 2 rings (SSSR count). The Morgan fingerprint density at radius 3 is 2.69 bits per heavy atom. The van der Waals surface area contributed by atoms with Crippen LogP contribution in [-0.2, 0) is 19.1 Å². The van der Waals surface area contributed by atoms with Gasteiger partial charge in [0, 0.05) is 12.2 Å². The van der Waals surface area contributed by atoms with E-state index in [9.17, 15) is 18.8 Å². The summed E-state index contributed by atoms with van der Waals surface area (Å²) in [4.78, 5) is 37.0. The van der Waals surface area contributed by atoms with Crippen LogP contribution in [0.15, 0.2) is 30.9 Å². The van der Waals surface area contributed by atoms with Crippen molar-refractivity contribution in [3.63, 3.8) is 0 Å². The first-order valence-corrected chi connectivity index (χ1v) is 9.20. The minimum absolute atomic E-state index is 0.0718. The molecule has 1 heterocycles. The molecular formula is C20H26FN3O5. The van der Waals surface area contributed by atoms with Gasteiger partial charge in [0.05, 0.1) is 18.3 Å². The first-order valence-electron chi connectivity index (χ1n) is 9.20. The number of likely N-dealkylation sites (tertiary alicyclic amines) is 1. The van der Waals surface area contributed by atoms with E-state index < -0.39 is 29.3 Å². The number of rotatable bonds is 6. The molecule has 0 spiro atoms. The van der Waals surface area contributed by atoms with E-state index in [1.54, 1.807) is 25.7 Å². The van der Waals surface area contributed by atoms with E-state index >= 15 is 0 Å². The molecule has 0 radical (unpaired) electrons. The molecule has 0 aliphatic carbocycles. The van der Waals surface area contributed by atoms with Gasteiger partial charge >= 0.3 is 6.09 Å². The lowest BCUT2D eigenvalue weighted by Crippen LogP contribution is -2.36. The highest BCUT2D eigenvalue weighted by atomic mass is 19.1. The van der Waals surface area contributed by atoms with Gasteiger partial charge in [-0.15, -0.1) is 0 Å². The fourth-order valence-corrected chi connectivity index (χ4v) is 2.63. The SMILES string of the molecule is C=CC(=O)Nc1cc(NC(=O)CO[C@H]2CCN(C(=O)OC(C)(C)C)C2)ccc1F. The highest BCUT2D eigenvalue weighted by Gasteiger charge is 2.30. The lowest BCUT2D eigenvalue weighted by atomic mass is 10.2. The molecule has 2 N–H and O–H groups in total. The van der Waals surface area contributed by atoms with E-state index in [0.717, 1.165) is 12.1 Å². The summed E-state index contributed by atoms with van der Waals surface area (Å²) in [6.07, 6.45) is 0.930. The molecule has 1 atom stereocenters. The summed E-state index contributed by atoms with van der Waals surface area (Å²) in [5.74, 6) is -1.64. The van der Waals surface area contributed by atoms with Crippen LogP contribution in [0.5, 0.6) is 0 Å². The first kappa shape index (κ1) is 22.4. The number of nitrogens with one attached hydrogen (secondary N) is 2. The lowest BCUT2D eigenvalue weighted by Gasteiger charge is -2.24. The number of hydrogen-bond acceptors (Lipinski definition) is 5. The summed E-state index contributed by atoms with van der Waals surface area (Å²) in [6, 6.07) is 3.80. The average Bonchev–Trinajstić information content (AvgIpc) is 3.10. The number of anilines is 2. The Kier molecular flexibility index (Phi) is 7.33. The fourth-order valence-electron chi connectivity index (χ4n) is 2.63. The predicted molar refractivity (Wildman–Crippen MR) is 106 cm³/mol. The van der Waals surface area contributed by atoms with Gasteiger partial charge in [-0.05, 0) is 51.5 Å². The van der Waals surface area contributed by atoms with Gasteiger partial charge in [0.1, 0.15) is 18.0 Å². The van der Waals surface area contributed by atoms with Crippen LogP contribution in [0, 0.1) is 5.82 Å². The van der Waals surface area contributed by atoms with Crippen LogP contribution < -0.4 is 10.6 Å². The summed E-state index contributed by atoms with van der Waals surface area (Å²) >= 11 is 0. The van der Waals surface area contributed by atoms with Crippen LogP contribution >= 0.6 is 0 Å². The number of carbonyl (C=O) groups excluding carboxylic acids is 3. The quantitative estimate of drug-likeness (QED) is 0.707. The Labute approximate surface area is 169 Å². The van der Waals surface area contributed by atoms with Crippen molar-refractivity contribution in [3.05, 3.63) is 36.7 Å². The second-order valence-electron chi connectivity index (χ2n) is 7.58. The van der Waals surface area contributed by atoms with Crippen LogP contribution in [0.25, 0.3) is 0 Å². The number of benzene rings is 1. The van der Waals surface area contributed by atoms with Gasteiger partial charge in [-0.3, -0.25) is 9.59 Å². The van der Waals surface area contributed by atoms with Gasteiger partial charge < -0.3 is 25.0 Å². The standard InChI is InChI=1S/C20H26FN3O5/c1-5-17(25)23-16-10-13(6-7-15(16)21)22-18(26)12-28-14-8-9-24(11-14)19(27)29-20(2,3)4/h5-7,10,14H,1,8-9,11-12H2,2-4H3,(H,22,26)(H,23,25)/t14-/m0/s1. The topological polar surface area (TPSA) is 97.0 Å². The highest BCUT2D eigenvalue weighted by molar-refractivity contribution is 6.00. The number of halogens is 1. The largest absolute Gasteiger partial charge is 0.444 e. The molecule has 1 saturated heterocycles. The van der Waals surface area contributed by atoms with Gasteiger partial charge in [-0.1, -0.05) is 6.58 Å². The molecule has 0 bridgehead atoms. The van der Waals surface area contributed by atoms with Crippen molar-refractivity contribution in [1.82, 2.24) is 4.90 Å². The smallest absolute Gasteiger partial charge is 0.410 e.